The third-order valence-electron chi connectivity index (χ3n) is 2.48. The molecule has 0 atom stereocenters. The zero-order valence-electron chi connectivity index (χ0n) is 10.2. The molecule has 1 amide bonds. The Bertz CT molecular complexity index is 354. The van der Waals surface area contributed by atoms with Crippen molar-refractivity contribution in [2.75, 3.05) is 12.0 Å². The minimum absolute atomic E-state index is 0.154. The van der Waals surface area contributed by atoms with Gasteiger partial charge in [0.05, 0.1) is 5.69 Å². The molecule has 0 spiro atoms. The normalized spacial score (nSPS) is 10.0. The van der Waals surface area contributed by atoms with E-state index in [0.29, 0.717) is 17.9 Å². The number of amides is 1. The number of rotatable bonds is 7. The van der Waals surface area contributed by atoms with E-state index in [1.807, 2.05) is 0 Å². The second-order valence-corrected chi connectivity index (χ2v) is 3.89. The molecule has 1 rings (SSSR count). The highest BCUT2D eigenvalue weighted by molar-refractivity contribution is 5.93. The van der Waals surface area contributed by atoms with Crippen molar-refractivity contribution in [1.29, 1.82) is 0 Å². The maximum absolute atomic E-state index is 11.7. The lowest BCUT2D eigenvalue weighted by atomic mass is 10.2. The van der Waals surface area contributed by atoms with E-state index in [9.17, 15) is 4.79 Å². The van der Waals surface area contributed by atoms with Crippen LogP contribution in [0.5, 0.6) is 0 Å². The third kappa shape index (κ3) is 4.82. The number of hydrazine groups is 1. The van der Waals surface area contributed by atoms with Crippen molar-refractivity contribution in [3.05, 3.63) is 24.0 Å². The highest BCUT2D eigenvalue weighted by Gasteiger charge is 2.06. The average Bonchev–Trinajstić information content (AvgIpc) is 2.38. The SMILES string of the molecule is CCCCCCNC(=O)c1cc(NN)ccn1. The van der Waals surface area contributed by atoms with E-state index in [1.165, 1.54) is 12.8 Å². The number of pyridine rings is 1. The van der Waals surface area contributed by atoms with Gasteiger partial charge in [-0.3, -0.25) is 15.6 Å². The second kappa shape index (κ2) is 7.62. The summed E-state index contributed by atoms with van der Waals surface area (Å²) in [5.41, 5.74) is 3.55. The minimum Gasteiger partial charge on any atom is -0.351 e. The van der Waals surface area contributed by atoms with Gasteiger partial charge in [-0.25, -0.2) is 0 Å². The molecule has 0 saturated heterocycles. The summed E-state index contributed by atoms with van der Waals surface area (Å²) in [6, 6.07) is 3.33. The van der Waals surface area contributed by atoms with Crippen molar-refractivity contribution >= 4 is 11.6 Å². The van der Waals surface area contributed by atoms with Crippen LogP contribution in [-0.4, -0.2) is 17.4 Å². The van der Waals surface area contributed by atoms with Crippen LogP contribution in [0.15, 0.2) is 18.3 Å². The van der Waals surface area contributed by atoms with Gasteiger partial charge in [-0.1, -0.05) is 26.2 Å². The van der Waals surface area contributed by atoms with E-state index in [4.69, 9.17) is 5.84 Å². The Morgan fingerprint density at radius 3 is 2.94 bits per heavy atom. The quantitative estimate of drug-likeness (QED) is 0.382. The van der Waals surface area contributed by atoms with Crippen LogP contribution < -0.4 is 16.6 Å². The molecule has 0 aromatic carbocycles. The van der Waals surface area contributed by atoms with Crippen molar-refractivity contribution in [3.63, 3.8) is 0 Å². The Labute approximate surface area is 102 Å². The Morgan fingerprint density at radius 2 is 2.24 bits per heavy atom. The van der Waals surface area contributed by atoms with Gasteiger partial charge in [0, 0.05) is 12.7 Å². The molecule has 4 N–H and O–H groups in total. The molecule has 0 radical (unpaired) electrons. The van der Waals surface area contributed by atoms with Crippen LogP contribution in [0, 0.1) is 0 Å². The van der Waals surface area contributed by atoms with Gasteiger partial charge in [0.15, 0.2) is 0 Å². The van der Waals surface area contributed by atoms with E-state index < -0.39 is 0 Å². The maximum atomic E-state index is 11.7. The van der Waals surface area contributed by atoms with Gasteiger partial charge in [-0.05, 0) is 18.6 Å². The molecule has 0 aliphatic carbocycles. The first kappa shape index (κ1) is 13.4. The van der Waals surface area contributed by atoms with E-state index in [2.05, 4.69) is 22.7 Å². The first-order valence-corrected chi connectivity index (χ1v) is 5.98. The molecular weight excluding hydrogens is 216 g/mol. The van der Waals surface area contributed by atoms with E-state index in [-0.39, 0.29) is 5.91 Å². The number of hydrogen-bond acceptors (Lipinski definition) is 4. The Hall–Kier alpha value is -1.62. The van der Waals surface area contributed by atoms with Gasteiger partial charge >= 0.3 is 0 Å². The number of nitrogen functional groups attached to an aromatic ring is 1. The van der Waals surface area contributed by atoms with Gasteiger partial charge in [-0.15, -0.1) is 0 Å². The molecule has 0 fully saturated rings. The number of nitrogens with zero attached hydrogens (tertiary/aromatic N) is 1. The van der Waals surface area contributed by atoms with Crippen LogP contribution in [-0.2, 0) is 0 Å². The Balaban J connectivity index is 2.36. The van der Waals surface area contributed by atoms with Crippen LogP contribution in [0.4, 0.5) is 5.69 Å². The van der Waals surface area contributed by atoms with Crippen LogP contribution in [0.25, 0.3) is 0 Å². The molecule has 5 heteroatoms. The van der Waals surface area contributed by atoms with Crippen LogP contribution >= 0.6 is 0 Å². The average molecular weight is 236 g/mol. The van der Waals surface area contributed by atoms with Gasteiger partial charge in [0.2, 0.25) is 0 Å². The number of nitrogens with two attached hydrogens (primary N) is 1. The molecule has 17 heavy (non-hydrogen) atoms. The monoisotopic (exact) mass is 236 g/mol. The van der Waals surface area contributed by atoms with Crippen molar-refractivity contribution < 1.29 is 4.79 Å². The van der Waals surface area contributed by atoms with Crippen LogP contribution in [0.1, 0.15) is 43.1 Å². The first-order valence-electron chi connectivity index (χ1n) is 5.98. The summed E-state index contributed by atoms with van der Waals surface area (Å²) in [6.07, 6.45) is 6.12. The number of carbonyl (C=O) groups excluding carboxylic acids is 1. The summed E-state index contributed by atoms with van der Waals surface area (Å²) in [6.45, 7) is 2.86. The molecular formula is C12H20N4O. The second-order valence-electron chi connectivity index (χ2n) is 3.89. The summed E-state index contributed by atoms with van der Waals surface area (Å²) in [5.74, 6) is 5.11. The summed E-state index contributed by atoms with van der Waals surface area (Å²) in [4.78, 5) is 15.7. The molecule has 0 aliphatic rings. The van der Waals surface area contributed by atoms with E-state index in [1.54, 1.807) is 18.3 Å². The van der Waals surface area contributed by atoms with Crippen LogP contribution in [0.3, 0.4) is 0 Å². The molecule has 1 heterocycles. The van der Waals surface area contributed by atoms with E-state index >= 15 is 0 Å². The molecule has 1 aromatic rings. The number of aromatic nitrogens is 1. The number of anilines is 1. The number of hydrogen-bond donors (Lipinski definition) is 3. The zero-order valence-corrected chi connectivity index (χ0v) is 10.2. The van der Waals surface area contributed by atoms with Crippen molar-refractivity contribution in [2.24, 2.45) is 5.84 Å². The number of carbonyl (C=O) groups is 1. The molecule has 1 aromatic heterocycles. The fraction of sp³-hybridized carbons (Fsp3) is 0.500. The fourth-order valence-corrected chi connectivity index (χ4v) is 1.49. The summed E-state index contributed by atoms with van der Waals surface area (Å²) in [5, 5.41) is 2.84. The lowest BCUT2D eigenvalue weighted by molar-refractivity contribution is 0.0948. The Kier molecular flexibility index (Phi) is 6.03. The predicted octanol–water partition coefficient (Wildman–Crippen LogP) is 1.68. The first-order chi connectivity index (χ1) is 8.27. The highest BCUT2D eigenvalue weighted by atomic mass is 16.1. The minimum atomic E-state index is -0.154. The van der Waals surface area contributed by atoms with Crippen molar-refractivity contribution in [1.82, 2.24) is 10.3 Å². The lowest BCUT2D eigenvalue weighted by Gasteiger charge is -2.05. The van der Waals surface area contributed by atoms with E-state index in [0.717, 1.165) is 12.8 Å². The van der Waals surface area contributed by atoms with Gasteiger partial charge in [0.1, 0.15) is 5.69 Å². The summed E-state index contributed by atoms with van der Waals surface area (Å²) >= 11 is 0. The summed E-state index contributed by atoms with van der Waals surface area (Å²) in [7, 11) is 0. The summed E-state index contributed by atoms with van der Waals surface area (Å²) < 4.78 is 0. The predicted molar refractivity (Wildman–Crippen MR) is 68.5 cm³/mol. The molecule has 0 unspecified atom stereocenters. The topological polar surface area (TPSA) is 80.0 Å². The lowest BCUT2D eigenvalue weighted by Crippen LogP contribution is -2.25. The van der Waals surface area contributed by atoms with Gasteiger partial charge < -0.3 is 10.7 Å². The largest absolute Gasteiger partial charge is 0.351 e. The smallest absolute Gasteiger partial charge is 0.269 e. The molecule has 0 saturated carbocycles. The van der Waals surface area contributed by atoms with Gasteiger partial charge in [-0.2, -0.15) is 0 Å². The highest BCUT2D eigenvalue weighted by Crippen LogP contribution is 2.05. The zero-order chi connectivity index (χ0) is 12.5. The third-order valence-corrected chi connectivity index (χ3v) is 2.48. The van der Waals surface area contributed by atoms with Gasteiger partial charge in [0.25, 0.3) is 5.91 Å². The van der Waals surface area contributed by atoms with Crippen molar-refractivity contribution in [3.8, 4) is 0 Å². The molecule has 5 nitrogen and oxygen atoms in total. The number of unbranched alkanes of at least 4 members (excludes halogenated alkanes) is 3. The number of nitrogens with one attached hydrogen (secondary N) is 2. The van der Waals surface area contributed by atoms with Crippen molar-refractivity contribution in [2.45, 2.75) is 32.6 Å². The standard InChI is InChI=1S/C12H20N4O/c1-2-3-4-5-7-15-12(17)11-9-10(16-13)6-8-14-11/h6,8-9H,2-5,7,13H2,1H3,(H,14,16)(H,15,17). The van der Waals surface area contributed by atoms with Crippen LogP contribution in [0.2, 0.25) is 0 Å². The molecule has 94 valence electrons. The fourth-order valence-electron chi connectivity index (χ4n) is 1.49. The molecule has 0 bridgehead atoms. The Morgan fingerprint density at radius 1 is 1.41 bits per heavy atom. The molecule has 0 aliphatic heterocycles. The maximum Gasteiger partial charge on any atom is 0.269 e.